The number of aromatic nitrogens is 3. The molecule has 4 rings (SSSR count). The molecule has 0 aliphatic heterocycles. The van der Waals surface area contributed by atoms with Gasteiger partial charge in [-0.15, -0.1) is 34.2 Å². The molecule has 0 aliphatic rings. The van der Waals surface area contributed by atoms with Gasteiger partial charge in [-0.1, -0.05) is 42.5 Å². The maximum atomic E-state index is 4.36. The summed E-state index contributed by atoms with van der Waals surface area (Å²) in [6.45, 7) is 2.96. The lowest BCUT2D eigenvalue weighted by Gasteiger charge is -2.18. The molecular formula is C23H27IN6. The Morgan fingerprint density at radius 3 is 2.67 bits per heavy atom. The molecule has 6 nitrogen and oxygen atoms in total. The molecule has 0 fully saturated rings. The van der Waals surface area contributed by atoms with Crippen molar-refractivity contribution in [3.63, 3.8) is 0 Å². The largest absolute Gasteiger partial charge is 0.356 e. The summed E-state index contributed by atoms with van der Waals surface area (Å²) >= 11 is 0. The monoisotopic (exact) mass is 514 g/mol. The highest BCUT2D eigenvalue weighted by Gasteiger charge is 2.09. The Kier molecular flexibility index (Phi) is 7.62. The van der Waals surface area contributed by atoms with Crippen LogP contribution in [0, 0.1) is 0 Å². The van der Waals surface area contributed by atoms with E-state index in [1.165, 1.54) is 16.3 Å². The van der Waals surface area contributed by atoms with Crippen LogP contribution in [0.2, 0.25) is 0 Å². The van der Waals surface area contributed by atoms with E-state index in [9.17, 15) is 0 Å². The van der Waals surface area contributed by atoms with Gasteiger partial charge in [-0.05, 0) is 47.9 Å². The third-order valence-corrected chi connectivity index (χ3v) is 5.10. The van der Waals surface area contributed by atoms with Crippen molar-refractivity contribution in [2.24, 2.45) is 4.99 Å². The summed E-state index contributed by atoms with van der Waals surface area (Å²) in [5.74, 6) is 1.78. The predicted octanol–water partition coefficient (Wildman–Crippen LogP) is 4.36. The average Bonchev–Trinajstić information content (AvgIpc) is 3.18. The zero-order valence-corrected chi connectivity index (χ0v) is 19.6. The van der Waals surface area contributed by atoms with Crippen LogP contribution < -0.4 is 10.6 Å². The summed E-state index contributed by atoms with van der Waals surface area (Å²) in [5.41, 5.74) is 2.12. The number of nitrogens with zero attached hydrogens (tertiary/aromatic N) is 4. The second-order valence-corrected chi connectivity index (χ2v) is 7.12. The van der Waals surface area contributed by atoms with E-state index < -0.39 is 0 Å². The number of hydrogen-bond acceptors (Lipinski definition) is 3. The Morgan fingerprint density at radius 1 is 1.03 bits per heavy atom. The maximum absolute atomic E-state index is 4.36. The van der Waals surface area contributed by atoms with Gasteiger partial charge in [-0.25, -0.2) is 0 Å². The highest BCUT2D eigenvalue weighted by Crippen LogP contribution is 2.20. The van der Waals surface area contributed by atoms with Gasteiger partial charge in [0, 0.05) is 26.2 Å². The number of guanidine groups is 1. The van der Waals surface area contributed by atoms with E-state index in [1.807, 2.05) is 28.8 Å². The highest BCUT2D eigenvalue weighted by atomic mass is 127. The normalized spacial score (nSPS) is 12.5. The molecule has 1 unspecified atom stereocenters. The summed E-state index contributed by atoms with van der Waals surface area (Å²) in [7, 11) is 1.80. The lowest BCUT2D eigenvalue weighted by Crippen LogP contribution is -2.39. The maximum Gasteiger partial charge on any atom is 0.191 e. The van der Waals surface area contributed by atoms with Crippen molar-refractivity contribution >= 4 is 46.4 Å². The Morgan fingerprint density at radius 2 is 1.83 bits per heavy atom. The molecule has 0 saturated heterocycles. The van der Waals surface area contributed by atoms with Crippen LogP contribution in [0.3, 0.4) is 0 Å². The predicted molar refractivity (Wildman–Crippen MR) is 134 cm³/mol. The molecule has 0 radical (unpaired) electrons. The fraction of sp³-hybridized carbons (Fsp3) is 0.261. The van der Waals surface area contributed by atoms with Crippen molar-refractivity contribution in [3.8, 4) is 0 Å². The van der Waals surface area contributed by atoms with Crippen LogP contribution >= 0.6 is 24.0 Å². The Balaban J connectivity index is 0.00000256. The van der Waals surface area contributed by atoms with Gasteiger partial charge in [0.15, 0.2) is 11.6 Å². The molecule has 0 bridgehead atoms. The average molecular weight is 514 g/mol. The minimum absolute atomic E-state index is 0. The summed E-state index contributed by atoms with van der Waals surface area (Å²) in [4.78, 5) is 4.36. The first-order valence-electron chi connectivity index (χ1n) is 9.99. The van der Waals surface area contributed by atoms with Gasteiger partial charge in [0.25, 0.3) is 0 Å². The van der Waals surface area contributed by atoms with Crippen molar-refractivity contribution in [3.05, 3.63) is 78.2 Å². The number of aryl methyl sites for hydroxylation is 1. The number of pyridine rings is 1. The minimum Gasteiger partial charge on any atom is -0.356 e. The molecule has 2 N–H and O–H groups in total. The van der Waals surface area contributed by atoms with Crippen molar-refractivity contribution in [1.29, 1.82) is 0 Å². The van der Waals surface area contributed by atoms with Gasteiger partial charge in [0.1, 0.15) is 5.82 Å². The third-order valence-electron chi connectivity index (χ3n) is 5.10. The summed E-state index contributed by atoms with van der Waals surface area (Å²) in [5, 5.41) is 17.9. The number of rotatable bonds is 6. The van der Waals surface area contributed by atoms with Crippen LogP contribution in [-0.2, 0) is 6.42 Å². The zero-order valence-electron chi connectivity index (χ0n) is 17.2. The van der Waals surface area contributed by atoms with Gasteiger partial charge in [0.2, 0.25) is 0 Å². The lowest BCUT2D eigenvalue weighted by atomic mass is 10.0. The first-order valence-corrected chi connectivity index (χ1v) is 9.99. The molecule has 0 aliphatic carbocycles. The summed E-state index contributed by atoms with van der Waals surface area (Å²) in [6, 6.07) is 21.1. The molecule has 7 heteroatoms. The van der Waals surface area contributed by atoms with E-state index >= 15 is 0 Å². The van der Waals surface area contributed by atoms with Crippen molar-refractivity contribution in [2.75, 3.05) is 13.6 Å². The van der Waals surface area contributed by atoms with E-state index in [-0.39, 0.29) is 30.0 Å². The molecule has 156 valence electrons. The number of aliphatic imine (C=N–C) groups is 1. The molecular weight excluding hydrogens is 487 g/mol. The van der Waals surface area contributed by atoms with Crippen LogP contribution in [0.15, 0.2) is 71.9 Å². The van der Waals surface area contributed by atoms with E-state index in [0.29, 0.717) is 0 Å². The van der Waals surface area contributed by atoms with Gasteiger partial charge in [0.05, 0.1) is 6.04 Å². The van der Waals surface area contributed by atoms with Gasteiger partial charge in [-0.2, -0.15) is 0 Å². The Hall–Kier alpha value is -2.68. The standard InChI is InChI=1S/C23H26N6.HI/c1-17(19-13-12-18-8-3-4-9-20(18)16-19)26-23(24-2)25-14-7-11-22-28-27-21-10-5-6-15-29(21)22;/h3-6,8-10,12-13,15-17H,7,11,14H2,1-2H3,(H2,24,25,26);1H. The number of fused-ring (bicyclic) bond motifs is 2. The van der Waals surface area contributed by atoms with Gasteiger partial charge in [-0.3, -0.25) is 9.39 Å². The van der Waals surface area contributed by atoms with Crippen LogP contribution in [0.5, 0.6) is 0 Å². The molecule has 2 heterocycles. The number of nitrogens with one attached hydrogen (secondary N) is 2. The number of halogens is 1. The second-order valence-electron chi connectivity index (χ2n) is 7.12. The Bertz CT molecular complexity index is 1140. The molecule has 4 aromatic rings. The van der Waals surface area contributed by atoms with E-state index in [1.54, 1.807) is 7.05 Å². The fourth-order valence-corrected chi connectivity index (χ4v) is 3.47. The van der Waals surface area contributed by atoms with E-state index in [4.69, 9.17) is 0 Å². The van der Waals surface area contributed by atoms with Crippen LogP contribution in [-0.4, -0.2) is 34.2 Å². The molecule has 2 aromatic heterocycles. The fourth-order valence-electron chi connectivity index (χ4n) is 3.47. The molecule has 0 spiro atoms. The van der Waals surface area contributed by atoms with Crippen molar-refractivity contribution < 1.29 is 0 Å². The second kappa shape index (κ2) is 10.4. The van der Waals surface area contributed by atoms with E-state index in [0.717, 1.165) is 36.8 Å². The first-order chi connectivity index (χ1) is 14.2. The Labute approximate surface area is 193 Å². The highest BCUT2D eigenvalue weighted by molar-refractivity contribution is 14.0. The van der Waals surface area contributed by atoms with Crippen LogP contribution in [0.1, 0.15) is 30.8 Å². The molecule has 2 aromatic carbocycles. The topological polar surface area (TPSA) is 66.6 Å². The lowest BCUT2D eigenvalue weighted by molar-refractivity contribution is 0.668. The number of benzene rings is 2. The minimum atomic E-state index is 0. The summed E-state index contributed by atoms with van der Waals surface area (Å²) in [6.07, 6.45) is 3.81. The quantitative estimate of drug-likeness (QED) is 0.174. The van der Waals surface area contributed by atoms with Crippen LogP contribution in [0.4, 0.5) is 0 Å². The van der Waals surface area contributed by atoms with Crippen molar-refractivity contribution in [2.45, 2.75) is 25.8 Å². The molecule has 1 atom stereocenters. The van der Waals surface area contributed by atoms with Gasteiger partial charge >= 0.3 is 0 Å². The SMILES string of the molecule is CN=C(NCCCc1nnc2ccccn12)NC(C)c1ccc2ccccc2c1.I. The smallest absolute Gasteiger partial charge is 0.191 e. The molecule has 30 heavy (non-hydrogen) atoms. The van der Waals surface area contributed by atoms with E-state index in [2.05, 4.69) is 75.2 Å². The van der Waals surface area contributed by atoms with Gasteiger partial charge < -0.3 is 10.6 Å². The first kappa shape index (κ1) is 22.0. The molecule has 0 amide bonds. The van der Waals surface area contributed by atoms with Crippen LogP contribution in [0.25, 0.3) is 16.4 Å². The summed E-state index contributed by atoms with van der Waals surface area (Å²) < 4.78 is 2.04. The number of hydrogen-bond donors (Lipinski definition) is 2. The molecule has 0 saturated carbocycles. The zero-order chi connectivity index (χ0) is 20.1. The van der Waals surface area contributed by atoms with Crippen molar-refractivity contribution in [1.82, 2.24) is 25.2 Å². The third kappa shape index (κ3) is 5.08.